The van der Waals surface area contributed by atoms with E-state index in [1.807, 2.05) is 0 Å². The summed E-state index contributed by atoms with van der Waals surface area (Å²) in [7, 11) is -4.77. The van der Waals surface area contributed by atoms with Gasteiger partial charge in [-0.1, -0.05) is 128 Å². The number of methoxy groups -OCH3 is 4. The van der Waals surface area contributed by atoms with E-state index in [0.717, 1.165) is 68.2 Å². The average molecular weight is 1900 g/mol. The minimum absolute atomic E-state index is 0. The Labute approximate surface area is 737 Å². The van der Waals surface area contributed by atoms with Gasteiger partial charge in [-0.2, -0.15) is 18.9 Å². The Morgan fingerprint density at radius 3 is 1.00 bits per heavy atom. The number of carboxylic acids is 1. The third-order valence-corrected chi connectivity index (χ3v) is 28.3. The number of amides is 2. The molecule has 1 saturated heterocycles. The zero-order chi connectivity index (χ0) is 87.2. The molecule has 5 N–H and O–H groups in total. The molecule has 4 saturated carbocycles. The summed E-state index contributed by atoms with van der Waals surface area (Å²) in [5.74, 6) is 2.03. The number of halogens is 8. The number of imide groups is 1. The van der Waals surface area contributed by atoms with E-state index in [4.69, 9.17) is 170 Å². The summed E-state index contributed by atoms with van der Waals surface area (Å²) in [5.41, 5.74) is 0.0681. The average Bonchev–Trinajstić information content (AvgIpc) is 1.77. The molecule has 8 aromatic heterocycles. The third kappa shape index (κ3) is 30.5. The predicted molar refractivity (Wildman–Crippen MR) is 453 cm³/mol. The van der Waals surface area contributed by atoms with Crippen LogP contribution in [-0.2, 0) is 33.0 Å². The van der Waals surface area contributed by atoms with Crippen LogP contribution in [0.25, 0.3) is 0 Å². The quantitative estimate of drug-likeness (QED) is 0.00726. The molecular weight excluding hydrogens is 1810 g/mol. The fourth-order valence-electron chi connectivity index (χ4n) is 10.1. The van der Waals surface area contributed by atoms with Crippen LogP contribution in [0.4, 0.5) is 5.69 Å². The lowest BCUT2D eigenvalue weighted by molar-refractivity contribution is -0.605. The van der Waals surface area contributed by atoms with Crippen LogP contribution in [0.2, 0.25) is 40.2 Å². The van der Waals surface area contributed by atoms with Crippen LogP contribution < -0.4 is 63.0 Å². The van der Waals surface area contributed by atoms with Crippen molar-refractivity contribution in [1.82, 2.24) is 29.4 Å². The van der Waals surface area contributed by atoms with Crippen LogP contribution >= 0.6 is 116 Å². The molecule has 2 amide bonds. The lowest BCUT2D eigenvalue weighted by atomic mass is 10.1. The normalized spacial score (nSPS) is 17.2. The third-order valence-electron chi connectivity index (χ3n) is 17.0. The van der Waals surface area contributed by atoms with E-state index in [0.29, 0.717) is 140 Å². The number of Topliss-reactive ketones (excluding diaryl/α,β-unsaturated/α-hetero) is 1. The molecule has 0 aromatic carbocycles. The topological polar surface area (TPSA) is 448 Å². The number of aromatic nitrogens is 8. The molecule has 9 heterocycles. The Hall–Kier alpha value is -8.43. The molecule has 8 aromatic rings. The zero-order valence-corrected chi connectivity index (χ0v) is 73.6. The number of aromatic carboxylic acids is 1. The van der Waals surface area contributed by atoms with Gasteiger partial charge < -0.3 is 63.8 Å². The molecule has 121 heavy (non-hydrogen) atoms. The summed E-state index contributed by atoms with van der Waals surface area (Å²) < 4.78 is 98.5. The minimum atomic E-state index is -3.57. The zero-order valence-electron chi connectivity index (χ0n) is 64.9. The molecule has 0 spiro atoms. The van der Waals surface area contributed by atoms with Crippen molar-refractivity contribution >= 4 is 145 Å². The van der Waals surface area contributed by atoms with Crippen molar-refractivity contribution in [2.75, 3.05) is 78.3 Å². The minimum Gasteiger partial charge on any atom is -0.619 e. The number of ether oxygens (including phenoxy) is 8. The molecule has 4 aliphatic carbocycles. The summed E-state index contributed by atoms with van der Waals surface area (Å²) in [6.45, 7) is 7.52. The maximum Gasteiger partial charge on any atom is 0.354 e. The fraction of sp³-hybridized carbons (Fsp3) is 0.421. The van der Waals surface area contributed by atoms with E-state index in [1.54, 1.807) is 26.8 Å². The Morgan fingerprint density at radius 2 is 0.727 bits per heavy atom. The first-order valence-electron chi connectivity index (χ1n) is 36.5. The molecule has 13 rings (SSSR count). The van der Waals surface area contributed by atoms with Crippen molar-refractivity contribution in [2.24, 2.45) is 23.7 Å². The van der Waals surface area contributed by atoms with Crippen molar-refractivity contribution in [3.05, 3.63) is 188 Å². The lowest BCUT2D eigenvalue weighted by Gasteiger charge is -2.33. The van der Waals surface area contributed by atoms with Crippen LogP contribution in [0.15, 0.2) is 98.6 Å². The van der Waals surface area contributed by atoms with Gasteiger partial charge in [-0.3, -0.25) is 38.9 Å². The number of hydrogen-bond acceptors (Lipinski definition) is 28. The number of nitrogens with one attached hydrogen (secondary N) is 2. The van der Waals surface area contributed by atoms with Crippen molar-refractivity contribution in [1.29, 1.82) is 10.8 Å². The molecule has 5 fully saturated rings. The van der Waals surface area contributed by atoms with Crippen molar-refractivity contribution in [3.8, 4) is 46.0 Å². The van der Waals surface area contributed by atoms with Crippen LogP contribution in [0.1, 0.15) is 154 Å². The van der Waals surface area contributed by atoms with E-state index in [1.165, 1.54) is 109 Å². The number of carbonyl (C=O) groups is 4. The van der Waals surface area contributed by atoms with Gasteiger partial charge >= 0.3 is 28.8 Å². The second-order valence-electron chi connectivity index (χ2n) is 26.9. The number of anilines is 1. The number of pyridine rings is 8. The Kier molecular flexibility index (Phi) is 39.3. The highest BCUT2D eigenvalue weighted by molar-refractivity contribution is 7.80. The summed E-state index contributed by atoms with van der Waals surface area (Å²) in [5, 5.41) is 64.2. The van der Waals surface area contributed by atoms with Crippen molar-refractivity contribution in [2.45, 2.75) is 113 Å². The smallest absolute Gasteiger partial charge is 0.354 e. The van der Waals surface area contributed by atoms with Gasteiger partial charge in [-0.25, -0.2) is 42.6 Å². The van der Waals surface area contributed by atoms with Crippen molar-refractivity contribution < 1.29 is 109 Å². The molecular formula is C76H92Cl8N11O23P3. The molecule has 0 atom stereocenters. The Morgan fingerprint density at radius 1 is 0.463 bits per heavy atom. The number of ketones is 1. The van der Waals surface area contributed by atoms with E-state index in [2.05, 4.69) is 19.9 Å². The molecule has 0 unspecified atom stereocenters. The predicted octanol–water partition coefficient (Wildman–Crippen LogP) is 18.5. The number of carboxylic acid groups (broad SMARTS) is 1. The second-order valence-corrected chi connectivity index (χ2v) is 37.1. The SMILES string of the molecule is C.C.CCCP1(=O)OP(=O)(CCC)OP(=O)(CCC)O1.COc1cnc(C(=O)Cc2c(Cl)c[n+]([O-])cc2Cl)cc1OCC1CC1.COc1cnc(C(=O)N(C(=O)c2cc(OCC3CC3)c(OC)cn2)c2c(Cl)c[n+]([O-])cc2Cl)cc1OCC1CC1.COc1cnc(C(=O)O)cc1OCC1CC1.N=c1c(Cl)cn(O)cc1Cl.N=c1c(Cl)cn(O)cc1Cl. The van der Waals surface area contributed by atoms with Crippen LogP contribution in [0.5, 0.6) is 46.0 Å². The standard InChI is InChI=1S/C27H26Cl2N4O7.C17H16Cl2N2O4.C11H13NO4.C9H21O6P3.2C5H4Cl2N2O.2CH4/c1-37-23-9-30-19(7-21(23)39-13-15-3-4-15)26(34)33(25-17(28)11-32(36)12-18(25)29)27(35)20-8-22(24(38-2)10-31-20)40-14-16-5-6-16;1-24-17-6-20-14(5-16(17)25-9-10-2-3-10)15(22)4-11-12(18)7-21(23)8-13(11)19;1-15-10-5-12-8(11(13)14)4-9(10)16-6-7-2-3-7;1-4-7-16(10)13-17(11,8-5-2)15-18(12,14-16)9-6-3;2*6-3-1-9(10)2-4(7)5(3)8;;/h7-12,15-16H,3-6,13-14H2,1-2H3;5-8,10H,2-4,9H2,1H3;4-5,7H,2-3,6H2,1H3,(H,13,14);4-9H2,1-3H3;2*1-2,8,10H;2*1H4. The number of hydrogen-bond donors (Lipinski definition) is 5. The molecule has 0 bridgehead atoms. The van der Waals surface area contributed by atoms with E-state index in [9.17, 15) is 43.3 Å². The molecule has 5 aliphatic rings. The first-order chi connectivity index (χ1) is 56.5. The summed E-state index contributed by atoms with van der Waals surface area (Å²) in [6.07, 6.45) is 25.3. The first-order valence-corrected chi connectivity index (χ1v) is 44.7. The number of nitrogens with zero attached hydrogens (tertiary/aromatic N) is 9. The van der Waals surface area contributed by atoms with Crippen molar-refractivity contribution in [3.63, 3.8) is 0 Å². The maximum absolute atomic E-state index is 13.9. The van der Waals surface area contributed by atoms with E-state index < -0.39 is 40.6 Å². The van der Waals surface area contributed by atoms with Gasteiger partial charge in [0.2, 0.25) is 12.4 Å². The molecule has 34 nitrogen and oxygen atoms in total. The first kappa shape index (κ1) is 101. The lowest BCUT2D eigenvalue weighted by Crippen LogP contribution is -2.39. The van der Waals surface area contributed by atoms with E-state index >= 15 is 0 Å². The highest BCUT2D eigenvalue weighted by Gasteiger charge is 2.51. The van der Waals surface area contributed by atoms with Gasteiger partial charge in [0.15, 0.2) is 69.9 Å². The molecule has 660 valence electrons. The van der Waals surface area contributed by atoms with Crippen LogP contribution in [0, 0.1) is 44.9 Å². The molecule has 0 radical (unpaired) electrons. The van der Waals surface area contributed by atoms with Crippen LogP contribution in [-0.4, -0.2) is 142 Å². The summed E-state index contributed by atoms with van der Waals surface area (Å²) in [4.78, 5) is 68.1. The van der Waals surface area contributed by atoms with Gasteiger partial charge in [-0.05, 0) is 94.3 Å². The Bertz CT molecular complexity index is 4920. The monoisotopic (exact) mass is 1900 g/mol. The molecule has 45 heteroatoms. The Balaban J connectivity index is 0.000000241. The van der Waals surface area contributed by atoms with Gasteiger partial charge in [0.25, 0.3) is 11.8 Å². The summed E-state index contributed by atoms with van der Waals surface area (Å²) >= 11 is 46.6. The van der Waals surface area contributed by atoms with Gasteiger partial charge in [0, 0.05) is 36.2 Å². The maximum atomic E-state index is 13.9. The van der Waals surface area contributed by atoms with Gasteiger partial charge in [0.05, 0.1) is 154 Å². The highest BCUT2D eigenvalue weighted by atomic mass is 35.5. The van der Waals surface area contributed by atoms with Gasteiger partial charge in [0.1, 0.15) is 42.9 Å². The van der Waals surface area contributed by atoms with E-state index in [-0.39, 0.29) is 125 Å². The fourth-order valence-corrected chi connectivity index (χ4v) is 21.5. The number of carbonyl (C=O) groups excluding carboxylic acids is 3. The second kappa shape index (κ2) is 46.9. The number of rotatable bonds is 29. The van der Waals surface area contributed by atoms with Crippen LogP contribution in [0.3, 0.4) is 0 Å². The highest BCUT2D eigenvalue weighted by Crippen LogP contribution is 2.82. The molecule has 1 aliphatic heterocycles. The van der Waals surface area contributed by atoms with Gasteiger partial charge in [-0.15, -0.1) is 0 Å². The largest absolute Gasteiger partial charge is 0.619 e. The summed E-state index contributed by atoms with van der Waals surface area (Å²) in [6, 6.07) is 5.72.